The second-order valence-electron chi connectivity index (χ2n) is 4.83. The lowest BCUT2D eigenvalue weighted by Crippen LogP contribution is -2.07. The van der Waals surface area contributed by atoms with Gasteiger partial charge in [0.2, 0.25) is 11.8 Å². The molecule has 0 unspecified atom stereocenters. The number of nitrogens with one attached hydrogen (secondary N) is 2. The van der Waals surface area contributed by atoms with Crippen LogP contribution in [0.4, 0.5) is 11.4 Å². The van der Waals surface area contributed by atoms with Crippen molar-refractivity contribution in [3.05, 3.63) is 65.7 Å². The number of carbonyl (C=O) groups is 2. The maximum absolute atomic E-state index is 11.9. The molecule has 1 aliphatic heterocycles. The van der Waals surface area contributed by atoms with E-state index in [4.69, 9.17) is 0 Å². The molecule has 4 heteroatoms. The van der Waals surface area contributed by atoms with E-state index in [1.807, 2.05) is 36.4 Å². The Bertz CT molecular complexity index is 721. The molecule has 2 aromatic rings. The zero-order chi connectivity index (χ0) is 14.7. The molecule has 1 heterocycles. The van der Waals surface area contributed by atoms with Gasteiger partial charge in [-0.25, -0.2) is 0 Å². The SMILES string of the molecule is O=C(/C=C/c1ccccc1)Nc1ccc2c(c1)CC(=O)N2. The van der Waals surface area contributed by atoms with Crippen molar-refractivity contribution in [1.29, 1.82) is 0 Å². The third-order valence-electron chi connectivity index (χ3n) is 3.22. The topological polar surface area (TPSA) is 58.2 Å². The predicted octanol–water partition coefficient (Wildman–Crippen LogP) is 2.83. The molecule has 3 rings (SSSR count). The molecule has 0 fully saturated rings. The fourth-order valence-corrected chi connectivity index (χ4v) is 2.23. The molecule has 0 aliphatic carbocycles. The van der Waals surface area contributed by atoms with Crippen molar-refractivity contribution in [3.8, 4) is 0 Å². The minimum atomic E-state index is -0.198. The lowest BCUT2D eigenvalue weighted by molar-refractivity contribution is -0.115. The second-order valence-corrected chi connectivity index (χ2v) is 4.83. The van der Waals surface area contributed by atoms with Crippen LogP contribution in [0.15, 0.2) is 54.6 Å². The molecule has 21 heavy (non-hydrogen) atoms. The van der Waals surface area contributed by atoms with E-state index in [1.54, 1.807) is 18.2 Å². The van der Waals surface area contributed by atoms with E-state index in [1.165, 1.54) is 6.08 Å². The zero-order valence-corrected chi connectivity index (χ0v) is 11.3. The van der Waals surface area contributed by atoms with E-state index < -0.39 is 0 Å². The summed E-state index contributed by atoms with van der Waals surface area (Å²) in [4.78, 5) is 23.2. The van der Waals surface area contributed by atoms with Gasteiger partial charge in [-0.15, -0.1) is 0 Å². The maximum Gasteiger partial charge on any atom is 0.248 e. The molecule has 2 N–H and O–H groups in total. The number of rotatable bonds is 3. The van der Waals surface area contributed by atoms with Crippen LogP contribution in [-0.4, -0.2) is 11.8 Å². The molecule has 0 saturated carbocycles. The Balaban J connectivity index is 1.67. The van der Waals surface area contributed by atoms with Gasteiger partial charge in [0.25, 0.3) is 0 Å². The number of hydrogen-bond donors (Lipinski definition) is 2. The van der Waals surface area contributed by atoms with Crippen molar-refractivity contribution in [3.63, 3.8) is 0 Å². The summed E-state index contributed by atoms with van der Waals surface area (Å²) in [5, 5.41) is 5.55. The third-order valence-corrected chi connectivity index (χ3v) is 3.22. The zero-order valence-electron chi connectivity index (χ0n) is 11.3. The first kappa shape index (κ1) is 13.1. The summed E-state index contributed by atoms with van der Waals surface area (Å²) in [6, 6.07) is 15.0. The van der Waals surface area contributed by atoms with Gasteiger partial charge < -0.3 is 10.6 Å². The molecule has 0 saturated heterocycles. The predicted molar refractivity (Wildman–Crippen MR) is 82.9 cm³/mol. The molecule has 1 aliphatic rings. The number of anilines is 2. The highest BCUT2D eigenvalue weighted by Crippen LogP contribution is 2.25. The number of amides is 2. The van der Waals surface area contributed by atoms with Gasteiger partial charge in [0.15, 0.2) is 0 Å². The molecule has 4 nitrogen and oxygen atoms in total. The van der Waals surface area contributed by atoms with Gasteiger partial charge in [-0.3, -0.25) is 9.59 Å². The molecular formula is C17H14N2O2. The first-order valence-corrected chi connectivity index (χ1v) is 6.67. The summed E-state index contributed by atoms with van der Waals surface area (Å²) in [6.45, 7) is 0. The van der Waals surface area contributed by atoms with Gasteiger partial charge in [0.05, 0.1) is 6.42 Å². The van der Waals surface area contributed by atoms with Gasteiger partial charge >= 0.3 is 0 Å². The van der Waals surface area contributed by atoms with E-state index >= 15 is 0 Å². The van der Waals surface area contributed by atoms with Crippen LogP contribution in [-0.2, 0) is 16.0 Å². The van der Waals surface area contributed by atoms with Crippen LogP contribution in [0.5, 0.6) is 0 Å². The Kier molecular flexibility index (Phi) is 3.51. The fraction of sp³-hybridized carbons (Fsp3) is 0.0588. The standard InChI is InChI=1S/C17H14N2O2/c20-16(9-6-12-4-2-1-3-5-12)18-14-7-8-15-13(10-14)11-17(21)19-15/h1-10H,11H2,(H,18,20)(H,19,21)/b9-6+. The first-order valence-electron chi connectivity index (χ1n) is 6.67. The highest BCUT2D eigenvalue weighted by atomic mass is 16.2. The second kappa shape index (κ2) is 5.63. The summed E-state index contributed by atoms with van der Waals surface area (Å²) in [6.07, 6.45) is 3.61. The summed E-state index contributed by atoms with van der Waals surface area (Å²) in [5.74, 6) is -0.214. The van der Waals surface area contributed by atoms with Crippen molar-refractivity contribution < 1.29 is 9.59 Å². The van der Waals surface area contributed by atoms with Gasteiger partial charge in [-0.2, -0.15) is 0 Å². The van der Waals surface area contributed by atoms with Crippen LogP contribution >= 0.6 is 0 Å². The molecule has 0 atom stereocenters. The smallest absolute Gasteiger partial charge is 0.248 e. The van der Waals surface area contributed by atoms with Crippen LogP contribution in [0.25, 0.3) is 6.08 Å². The minimum Gasteiger partial charge on any atom is -0.326 e. The van der Waals surface area contributed by atoms with Gasteiger partial charge in [-0.05, 0) is 35.4 Å². The Morgan fingerprint density at radius 2 is 1.95 bits per heavy atom. The average molecular weight is 278 g/mol. The quantitative estimate of drug-likeness (QED) is 0.848. The average Bonchev–Trinajstić information content (AvgIpc) is 2.85. The van der Waals surface area contributed by atoms with Crippen LogP contribution in [0.3, 0.4) is 0 Å². The molecule has 2 aromatic carbocycles. The van der Waals surface area contributed by atoms with E-state index in [0.29, 0.717) is 12.1 Å². The number of hydrogen-bond acceptors (Lipinski definition) is 2. The largest absolute Gasteiger partial charge is 0.326 e. The van der Waals surface area contributed by atoms with Crippen LogP contribution in [0.1, 0.15) is 11.1 Å². The summed E-state index contributed by atoms with van der Waals surface area (Å²) in [5.41, 5.74) is 3.38. The Hall–Kier alpha value is -2.88. The van der Waals surface area contributed by atoms with Crippen LogP contribution < -0.4 is 10.6 Å². The number of fused-ring (bicyclic) bond motifs is 1. The summed E-state index contributed by atoms with van der Waals surface area (Å²) < 4.78 is 0. The Labute approximate surface area is 122 Å². The van der Waals surface area contributed by atoms with Crippen molar-refractivity contribution >= 4 is 29.3 Å². The highest BCUT2D eigenvalue weighted by Gasteiger charge is 2.17. The summed E-state index contributed by atoms with van der Waals surface area (Å²) >= 11 is 0. The van der Waals surface area contributed by atoms with Crippen molar-refractivity contribution in [1.82, 2.24) is 0 Å². The molecule has 2 amide bonds. The van der Waals surface area contributed by atoms with Crippen LogP contribution in [0.2, 0.25) is 0 Å². The molecule has 0 radical (unpaired) electrons. The molecule has 0 spiro atoms. The highest BCUT2D eigenvalue weighted by molar-refractivity contribution is 6.03. The molecule has 0 bridgehead atoms. The monoisotopic (exact) mass is 278 g/mol. The summed E-state index contributed by atoms with van der Waals surface area (Å²) in [7, 11) is 0. The van der Waals surface area contributed by atoms with Crippen molar-refractivity contribution in [2.24, 2.45) is 0 Å². The van der Waals surface area contributed by atoms with Gasteiger partial charge in [-0.1, -0.05) is 30.3 Å². The van der Waals surface area contributed by atoms with Gasteiger partial charge in [0, 0.05) is 17.5 Å². The molecule has 104 valence electrons. The number of carbonyl (C=O) groups excluding carboxylic acids is 2. The van der Waals surface area contributed by atoms with E-state index in [-0.39, 0.29) is 11.8 Å². The lowest BCUT2D eigenvalue weighted by Gasteiger charge is -2.04. The Morgan fingerprint density at radius 1 is 1.14 bits per heavy atom. The third kappa shape index (κ3) is 3.17. The van der Waals surface area contributed by atoms with Crippen molar-refractivity contribution in [2.45, 2.75) is 6.42 Å². The lowest BCUT2D eigenvalue weighted by atomic mass is 10.1. The fourth-order valence-electron chi connectivity index (χ4n) is 2.23. The maximum atomic E-state index is 11.9. The Morgan fingerprint density at radius 3 is 2.76 bits per heavy atom. The van der Waals surface area contributed by atoms with Crippen molar-refractivity contribution in [2.75, 3.05) is 10.6 Å². The van der Waals surface area contributed by atoms with Crippen LogP contribution in [0, 0.1) is 0 Å². The van der Waals surface area contributed by atoms with E-state index in [9.17, 15) is 9.59 Å². The normalized spacial score (nSPS) is 13.0. The van der Waals surface area contributed by atoms with E-state index in [2.05, 4.69) is 10.6 Å². The number of benzene rings is 2. The minimum absolute atomic E-state index is 0.0163. The van der Waals surface area contributed by atoms with Gasteiger partial charge in [0.1, 0.15) is 0 Å². The first-order chi connectivity index (χ1) is 10.2. The van der Waals surface area contributed by atoms with E-state index in [0.717, 1.165) is 16.8 Å². The molecular weight excluding hydrogens is 264 g/mol. The molecule has 0 aromatic heterocycles.